The van der Waals surface area contributed by atoms with Crippen molar-refractivity contribution in [3.63, 3.8) is 0 Å². The van der Waals surface area contributed by atoms with E-state index in [0.717, 1.165) is 23.1 Å². The summed E-state index contributed by atoms with van der Waals surface area (Å²) in [6, 6.07) is 8.42. The van der Waals surface area contributed by atoms with E-state index in [4.69, 9.17) is 0 Å². The summed E-state index contributed by atoms with van der Waals surface area (Å²) in [6.07, 6.45) is 2.08. The number of aromatic nitrogens is 2. The molecule has 3 rings (SSSR count). The third kappa shape index (κ3) is 2.55. The molecule has 0 fully saturated rings. The highest BCUT2D eigenvalue weighted by atomic mass is 32.1. The first kappa shape index (κ1) is 13.1. The molecule has 2 heterocycles. The van der Waals surface area contributed by atoms with Crippen molar-refractivity contribution < 1.29 is 0 Å². The van der Waals surface area contributed by atoms with Crippen LogP contribution in [-0.4, -0.2) is 28.5 Å². The number of aryl methyl sites for hydroxylation is 1. The van der Waals surface area contributed by atoms with E-state index in [1.54, 1.807) is 11.3 Å². The fourth-order valence-electron chi connectivity index (χ4n) is 2.29. The van der Waals surface area contributed by atoms with E-state index in [0.29, 0.717) is 0 Å². The van der Waals surface area contributed by atoms with Gasteiger partial charge in [-0.2, -0.15) is 0 Å². The first-order valence-corrected chi connectivity index (χ1v) is 7.41. The van der Waals surface area contributed by atoms with Gasteiger partial charge in [-0.3, -0.25) is 0 Å². The van der Waals surface area contributed by atoms with Gasteiger partial charge in [0.15, 0.2) is 5.13 Å². The number of rotatable bonds is 4. The van der Waals surface area contributed by atoms with E-state index in [1.165, 1.54) is 10.9 Å². The molecule has 1 N–H and O–H groups in total. The largest absolute Gasteiger partial charge is 0.350 e. The Balaban J connectivity index is 1.87. The monoisotopic (exact) mass is 286 g/mol. The average Bonchev–Trinajstić information content (AvgIpc) is 2.98. The van der Waals surface area contributed by atoms with E-state index >= 15 is 0 Å². The first-order valence-electron chi connectivity index (χ1n) is 6.53. The molecular weight excluding hydrogens is 268 g/mol. The number of benzene rings is 1. The van der Waals surface area contributed by atoms with E-state index in [-0.39, 0.29) is 0 Å². The number of nitrogens with one attached hydrogen (secondary N) is 1. The molecule has 3 aromatic rings. The minimum Gasteiger partial charge on any atom is -0.350 e. The van der Waals surface area contributed by atoms with Crippen LogP contribution in [-0.2, 0) is 13.6 Å². The van der Waals surface area contributed by atoms with Gasteiger partial charge in [0.2, 0.25) is 0 Å². The van der Waals surface area contributed by atoms with Crippen LogP contribution < -0.4 is 5.32 Å². The van der Waals surface area contributed by atoms with Crippen LogP contribution in [0.2, 0.25) is 0 Å². The van der Waals surface area contributed by atoms with E-state index in [2.05, 4.69) is 76.8 Å². The summed E-state index contributed by atoms with van der Waals surface area (Å²) in [7, 11) is 6.17. The molecule has 0 atom stereocenters. The zero-order valence-corrected chi connectivity index (χ0v) is 12.7. The molecule has 0 saturated carbocycles. The van der Waals surface area contributed by atoms with Gasteiger partial charge in [-0.1, -0.05) is 6.07 Å². The summed E-state index contributed by atoms with van der Waals surface area (Å²) in [5.41, 5.74) is 3.43. The smallest absolute Gasteiger partial charge is 0.187 e. The zero-order valence-electron chi connectivity index (χ0n) is 11.9. The lowest BCUT2D eigenvalue weighted by atomic mass is 10.2. The number of hydrogen-bond donors (Lipinski definition) is 1. The fourth-order valence-corrected chi connectivity index (χ4v) is 3.00. The third-order valence-electron chi connectivity index (χ3n) is 3.20. The Morgan fingerprint density at radius 2 is 2.15 bits per heavy atom. The molecule has 0 aliphatic carbocycles. The maximum atomic E-state index is 4.62. The Morgan fingerprint density at radius 3 is 2.95 bits per heavy atom. The SMILES string of the molecule is CN(C)Cc1csc(Nc2cccc3c2ccn3C)n1. The normalized spacial score (nSPS) is 11.4. The van der Waals surface area contributed by atoms with Gasteiger partial charge in [0.25, 0.3) is 0 Å². The van der Waals surface area contributed by atoms with Crippen molar-refractivity contribution in [3.8, 4) is 0 Å². The van der Waals surface area contributed by atoms with Crippen LogP contribution >= 0.6 is 11.3 Å². The number of hydrogen-bond acceptors (Lipinski definition) is 4. The second kappa shape index (κ2) is 5.26. The molecule has 0 spiro atoms. The van der Waals surface area contributed by atoms with Gasteiger partial charge in [-0.25, -0.2) is 4.98 Å². The van der Waals surface area contributed by atoms with Gasteiger partial charge in [-0.05, 0) is 32.3 Å². The van der Waals surface area contributed by atoms with Crippen LogP contribution in [0.3, 0.4) is 0 Å². The van der Waals surface area contributed by atoms with Crippen molar-refractivity contribution in [3.05, 3.63) is 41.5 Å². The molecule has 104 valence electrons. The van der Waals surface area contributed by atoms with Crippen LogP contribution in [0.5, 0.6) is 0 Å². The fraction of sp³-hybridized carbons (Fsp3) is 0.267. The van der Waals surface area contributed by atoms with E-state index in [1.807, 2.05) is 0 Å². The van der Waals surface area contributed by atoms with E-state index in [9.17, 15) is 0 Å². The molecule has 1 aromatic carbocycles. The molecule has 0 aliphatic rings. The Bertz CT molecular complexity index is 726. The highest BCUT2D eigenvalue weighted by Crippen LogP contribution is 2.28. The van der Waals surface area contributed by atoms with Crippen LogP contribution in [0.1, 0.15) is 5.69 Å². The van der Waals surface area contributed by atoms with Gasteiger partial charge < -0.3 is 14.8 Å². The van der Waals surface area contributed by atoms with Crippen molar-refractivity contribution in [2.24, 2.45) is 7.05 Å². The van der Waals surface area contributed by atoms with Crippen LogP contribution in [0.25, 0.3) is 10.9 Å². The maximum absolute atomic E-state index is 4.62. The van der Waals surface area contributed by atoms with Gasteiger partial charge in [0, 0.05) is 41.8 Å². The average molecular weight is 286 g/mol. The molecule has 0 amide bonds. The summed E-state index contributed by atoms with van der Waals surface area (Å²) in [6.45, 7) is 0.869. The lowest BCUT2D eigenvalue weighted by Gasteiger charge is -2.06. The van der Waals surface area contributed by atoms with Crippen LogP contribution in [0.15, 0.2) is 35.8 Å². The molecular formula is C15H18N4S. The van der Waals surface area contributed by atoms with Crippen molar-refractivity contribution in [2.45, 2.75) is 6.54 Å². The summed E-state index contributed by atoms with van der Waals surface area (Å²) >= 11 is 1.65. The first-order chi connectivity index (χ1) is 9.63. The van der Waals surface area contributed by atoms with Gasteiger partial charge in [-0.15, -0.1) is 11.3 Å². The standard InChI is InChI=1S/C15H18N4S/c1-18(2)9-11-10-20-15(16-11)17-13-5-4-6-14-12(13)7-8-19(14)3/h4-8,10H,9H2,1-3H3,(H,16,17). The quantitative estimate of drug-likeness (QED) is 0.797. The Morgan fingerprint density at radius 1 is 1.30 bits per heavy atom. The highest BCUT2D eigenvalue weighted by Gasteiger charge is 2.07. The summed E-state index contributed by atoms with van der Waals surface area (Å²) in [5.74, 6) is 0. The van der Waals surface area contributed by atoms with Gasteiger partial charge >= 0.3 is 0 Å². The molecule has 5 heteroatoms. The Kier molecular flexibility index (Phi) is 3.46. The van der Waals surface area contributed by atoms with Gasteiger partial charge in [0.05, 0.1) is 5.69 Å². The molecule has 0 aliphatic heterocycles. The van der Waals surface area contributed by atoms with E-state index < -0.39 is 0 Å². The molecule has 4 nitrogen and oxygen atoms in total. The molecule has 0 saturated heterocycles. The molecule has 0 unspecified atom stereocenters. The summed E-state index contributed by atoms with van der Waals surface area (Å²) < 4.78 is 2.12. The second-order valence-electron chi connectivity index (χ2n) is 5.17. The van der Waals surface area contributed by atoms with Crippen molar-refractivity contribution in [1.29, 1.82) is 0 Å². The third-order valence-corrected chi connectivity index (χ3v) is 4.01. The maximum Gasteiger partial charge on any atom is 0.187 e. The Labute approximate surface area is 122 Å². The number of anilines is 2. The highest BCUT2D eigenvalue weighted by molar-refractivity contribution is 7.13. The van der Waals surface area contributed by atoms with Crippen LogP contribution in [0, 0.1) is 0 Å². The summed E-state index contributed by atoms with van der Waals surface area (Å²) in [5, 5.41) is 7.70. The summed E-state index contributed by atoms with van der Waals surface area (Å²) in [4.78, 5) is 6.74. The predicted molar refractivity (Wildman–Crippen MR) is 85.7 cm³/mol. The van der Waals surface area contributed by atoms with Gasteiger partial charge in [0.1, 0.15) is 0 Å². The molecule has 2 aromatic heterocycles. The lowest BCUT2D eigenvalue weighted by Crippen LogP contribution is -2.10. The molecule has 0 radical (unpaired) electrons. The zero-order chi connectivity index (χ0) is 14.1. The predicted octanol–water partition coefficient (Wildman–Crippen LogP) is 3.44. The topological polar surface area (TPSA) is 33.1 Å². The number of thiazole rings is 1. The van der Waals surface area contributed by atoms with Crippen LogP contribution in [0.4, 0.5) is 10.8 Å². The minimum atomic E-state index is 0.869. The van der Waals surface area contributed by atoms with Crippen molar-refractivity contribution in [2.75, 3.05) is 19.4 Å². The molecule has 0 bridgehead atoms. The second-order valence-corrected chi connectivity index (χ2v) is 6.03. The number of nitrogens with zero attached hydrogens (tertiary/aromatic N) is 3. The van der Waals surface area contributed by atoms with Crippen molar-refractivity contribution >= 4 is 33.1 Å². The minimum absolute atomic E-state index is 0.869. The number of fused-ring (bicyclic) bond motifs is 1. The Hall–Kier alpha value is -1.85. The van der Waals surface area contributed by atoms with Crippen molar-refractivity contribution in [1.82, 2.24) is 14.5 Å². The molecule has 20 heavy (non-hydrogen) atoms. The lowest BCUT2D eigenvalue weighted by molar-refractivity contribution is 0.398.